The molecule has 2 aromatic rings. The molecule has 0 saturated carbocycles. The molecule has 8 nitrogen and oxygen atoms in total. The Morgan fingerprint density at radius 2 is 1.86 bits per heavy atom. The standard InChI is InChI=1S/C17H20N2O6S3/c1-11-17(2,3)13-9-12(14-5-6-15(26-14)28(23,24)25)10-19(16(13)18-11)7-4-8-27(20,21)22/h5-6,9-10H,4,7-8H2,1-3H3,(H-,20,21,22,23,24,25)/p+1. The summed E-state index contributed by atoms with van der Waals surface area (Å²) in [4.78, 5) is 5.29. The van der Waals surface area contributed by atoms with Crippen LogP contribution in [-0.4, -0.2) is 37.4 Å². The molecule has 0 bridgehead atoms. The predicted molar refractivity (Wildman–Crippen MR) is 107 cm³/mol. The van der Waals surface area contributed by atoms with Crippen LogP contribution in [0, 0.1) is 0 Å². The van der Waals surface area contributed by atoms with Gasteiger partial charge in [-0.3, -0.25) is 9.11 Å². The zero-order chi connectivity index (χ0) is 20.9. The Bertz CT molecular complexity index is 1180. The van der Waals surface area contributed by atoms with E-state index < -0.39 is 20.2 Å². The largest absolute Gasteiger partial charge is 0.327 e. The van der Waals surface area contributed by atoms with Crippen LogP contribution in [0.5, 0.6) is 0 Å². The van der Waals surface area contributed by atoms with E-state index in [4.69, 9.17) is 4.55 Å². The van der Waals surface area contributed by atoms with E-state index in [0.29, 0.717) is 17.2 Å². The Hall–Kier alpha value is -1.66. The molecule has 0 aliphatic carbocycles. The van der Waals surface area contributed by atoms with Crippen molar-refractivity contribution in [2.24, 2.45) is 4.99 Å². The first-order valence-corrected chi connectivity index (χ1v) is 12.3. The second kappa shape index (κ2) is 6.99. The topological polar surface area (TPSA) is 125 Å². The number of thiophene rings is 1. The highest BCUT2D eigenvalue weighted by atomic mass is 32.3. The molecular weight excluding hydrogens is 424 g/mol. The van der Waals surface area contributed by atoms with E-state index in [0.717, 1.165) is 28.2 Å². The summed E-state index contributed by atoms with van der Waals surface area (Å²) in [5.74, 6) is 0.352. The fourth-order valence-corrected chi connectivity index (χ4v) is 5.20. The first-order chi connectivity index (χ1) is 12.8. The molecule has 2 N–H and O–H groups in total. The molecular formula is C17H21N2O6S3+. The summed E-state index contributed by atoms with van der Waals surface area (Å²) < 4.78 is 64.7. The van der Waals surface area contributed by atoms with E-state index in [2.05, 4.69) is 4.99 Å². The Kier molecular flexibility index (Phi) is 5.26. The van der Waals surface area contributed by atoms with Crippen molar-refractivity contribution in [3.63, 3.8) is 0 Å². The van der Waals surface area contributed by atoms with Gasteiger partial charge in [0, 0.05) is 16.9 Å². The molecule has 152 valence electrons. The van der Waals surface area contributed by atoms with Gasteiger partial charge in [-0.2, -0.15) is 16.8 Å². The van der Waals surface area contributed by atoms with Gasteiger partial charge in [-0.1, -0.05) is 0 Å². The van der Waals surface area contributed by atoms with Gasteiger partial charge in [0.2, 0.25) is 0 Å². The van der Waals surface area contributed by atoms with Crippen molar-refractivity contribution in [2.45, 2.75) is 43.4 Å². The number of aryl methyl sites for hydroxylation is 1. The molecule has 11 heteroatoms. The Balaban J connectivity index is 2.07. The zero-order valence-corrected chi connectivity index (χ0v) is 18.0. The maximum atomic E-state index is 11.4. The fourth-order valence-electron chi connectivity index (χ4n) is 3.06. The Morgan fingerprint density at radius 3 is 2.43 bits per heavy atom. The summed E-state index contributed by atoms with van der Waals surface area (Å²) in [5.41, 5.74) is 2.26. The summed E-state index contributed by atoms with van der Waals surface area (Å²) >= 11 is 0.952. The van der Waals surface area contributed by atoms with Crippen molar-refractivity contribution in [1.82, 2.24) is 0 Å². The first kappa shape index (κ1) is 21.1. The Labute approximate surface area is 168 Å². The van der Waals surface area contributed by atoms with Crippen LogP contribution in [0.1, 0.15) is 32.8 Å². The van der Waals surface area contributed by atoms with Gasteiger partial charge in [0.1, 0.15) is 9.92 Å². The minimum atomic E-state index is -4.28. The van der Waals surface area contributed by atoms with Crippen molar-refractivity contribution < 1.29 is 30.5 Å². The number of pyridine rings is 1. The van der Waals surface area contributed by atoms with Gasteiger partial charge in [-0.15, -0.1) is 11.3 Å². The number of hydrogen-bond acceptors (Lipinski definition) is 6. The van der Waals surface area contributed by atoms with Crippen LogP contribution < -0.4 is 4.57 Å². The third-order valence-electron chi connectivity index (χ3n) is 4.88. The summed E-state index contributed by atoms with van der Waals surface area (Å²) in [6.45, 7) is 6.30. The molecule has 0 fully saturated rings. The smallest absolute Gasteiger partial charge is 0.286 e. The van der Waals surface area contributed by atoms with E-state index >= 15 is 0 Å². The van der Waals surface area contributed by atoms with Crippen LogP contribution in [0.25, 0.3) is 10.4 Å². The van der Waals surface area contributed by atoms with Gasteiger partial charge in [0.05, 0.1) is 29.5 Å². The highest BCUT2D eigenvalue weighted by molar-refractivity contribution is 7.88. The maximum Gasteiger partial charge on any atom is 0.327 e. The first-order valence-electron chi connectivity index (χ1n) is 8.45. The molecule has 3 heterocycles. The van der Waals surface area contributed by atoms with Crippen molar-refractivity contribution >= 4 is 43.1 Å². The van der Waals surface area contributed by atoms with Crippen molar-refractivity contribution in [2.75, 3.05) is 5.75 Å². The van der Waals surface area contributed by atoms with E-state index in [1.54, 1.807) is 12.3 Å². The molecule has 1 aliphatic heterocycles. The van der Waals surface area contributed by atoms with Crippen LogP contribution >= 0.6 is 11.3 Å². The molecule has 0 amide bonds. The molecule has 0 unspecified atom stereocenters. The maximum absolute atomic E-state index is 11.4. The second-order valence-corrected chi connectivity index (χ2v) is 11.5. The van der Waals surface area contributed by atoms with E-state index in [1.165, 1.54) is 6.07 Å². The minimum absolute atomic E-state index is 0.146. The van der Waals surface area contributed by atoms with E-state index in [1.807, 2.05) is 31.4 Å². The van der Waals surface area contributed by atoms with Crippen LogP contribution in [0.2, 0.25) is 0 Å². The lowest BCUT2D eigenvalue weighted by Crippen LogP contribution is -2.36. The molecule has 0 spiro atoms. The highest BCUT2D eigenvalue weighted by Gasteiger charge is 2.41. The highest BCUT2D eigenvalue weighted by Crippen LogP contribution is 2.40. The molecule has 0 saturated heterocycles. The van der Waals surface area contributed by atoms with E-state index in [9.17, 15) is 21.4 Å². The number of rotatable bonds is 6. The average molecular weight is 446 g/mol. The van der Waals surface area contributed by atoms with Crippen LogP contribution in [0.4, 0.5) is 5.82 Å². The summed E-state index contributed by atoms with van der Waals surface area (Å²) in [6.07, 6.45) is 1.98. The van der Waals surface area contributed by atoms with Crippen molar-refractivity contribution in [3.05, 3.63) is 30.0 Å². The lowest BCUT2D eigenvalue weighted by molar-refractivity contribution is -0.683. The normalized spacial score (nSPS) is 16.1. The molecule has 0 atom stereocenters. The molecule has 28 heavy (non-hydrogen) atoms. The lowest BCUT2D eigenvalue weighted by Gasteiger charge is -2.17. The van der Waals surface area contributed by atoms with Gasteiger partial charge >= 0.3 is 15.9 Å². The quantitative estimate of drug-likeness (QED) is 0.520. The Morgan fingerprint density at radius 1 is 1.18 bits per heavy atom. The summed E-state index contributed by atoms with van der Waals surface area (Å²) in [7, 11) is -8.34. The van der Waals surface area contributed by atoms with Gasteiger partial charge in [-0.05, 0) is 44.0 Å². The third-order valence-corrected chi connectivity index (χ3v) is 8.14. The van der Waals surface area contributed by atoms with Crippen LogP contribution in [0.15, 0.2) is 33.6 Å². The SMILES string of the molecule is CC1=Nc2c(cc(-c3ccc(S(=O)(=O)O)s3)c[n+]2CCCS(=O)(=O)O)C1(C)C. The molecule has 3 rings (SSSR count). The fraction of sp³-hybridized carbons (Fsp3) is 0.412. The van der Waals surface area contributed by atoms with Crippen molar-refractivity contribution in [1.29, 1.82) is 0 Å². The number of nitrogens with zero attached hydrogens (tertiary/aromatic N) is 2. The van der Waals surface area contributed by atoms with E-state index in [-0.39, 0.29) is 21.8 Å². The van der Waals surface area contributed by atoms with Crippen LogP contribution in [0.3, 0.4) is 0 Å². The zero-order valence-electron chi connectivity index (χ0n) is 15.6. The van der Waals surface area contributed by atoms with Gasteiger partial charge in [0.25, 0.3) is 10.1 Å². The second-order valence-electron chi connectivity index (χ2n) is 7.22. The third kappa shape index (κ3) is 4.18. The number of aliphatic imine (C=N–C) groups is 1. The van der Waals surface area contributed by atoms with Gasteiger partial charge < -0.3 is 0 Å². The summed E-state index contributed by atoms with van der Waals surface area (Å²) in [5, 5.41) is 0. The summed E-state index contributed by atoms with van der Waals surface area (Å²) in [6, 6.07) is 4.90. The molecule has 0 radical (unpaired) electrons. The van der Waals surface area contributed by atoms with Crippen LogP contribution in [-0.2, 0) is 32.2 Å². The van der Waals surface area contributed by atoms with Gasteiger partial charge in [-0.25, -0.2) is 4.57 Å². The minimum Gasteiger partial charge on any atom is -0.286 e. The van der Waals surface area contributed by atoms with Gasteiger partial charge in [0.15, 0.2) is 0 Å². The number of hydrogen-bond donors (Lipinski definition) is 2. The molecule has 2 aromatic heterocycles. The molecule has 1 aliphatic rings. The number of fused-ring (bicyclic) bond motifs is 1. The molecule has 0 aromatic carbocycles. The predicted octanol–water partition coefficient (Wildman–Crippen LogP) is 2.61. The lowest BCUT2D eigenvalue weighted by atomic mass is 9.82. The average Bonchev–Trinajstić information content (AvgIpc) is 3.11. The van der Waals surface area contributed by atoms with Crippen molar-refractivity contribution in [3.8, 4) is 10.4 Å². The monoisotopic (exact) mass is 445 g/mol. The number of aromatic nitrogens is 1.